The molecule has 1 aromatic carbocycles. The van der Waals surface area contributed by atoms with Crippen molar-refractivity contribution < 1.29 is 46.2 Å². The van der Waals surface area contributed by atoms with Crippen LogP contribution in [0.1, 0.15) is 130 Å². The van der Waals surface area contributed by atoms with Crippen molar-refractivity contribution in [3.63, 3.8) is 0 Å². The first-order valence-corrected chi connectivity index (χ1v) is 16.5. The number of rotatable bonds is 19. The Labute approximate surface area is 258 Å². The van der Waals surface area contributed by atoms with E-state index in [-0.39, 0.29) is 18.2 Å². The van der Waals surface area contributed by atoms with Crippen molar-refractivity contribution in [1.82, 2.24) is 0 Å². The van der Waals surface area contributed by atoms with Crippen LogP contribution in [0.15, 0.2) is 18.2 Å². The molecule has 0 fully saturated rings. The average molecular weight is 629 g/mol. The van der Waals surface area contributed by atoms with E-state index in [2.05, 4.69) is 41.5 Å². The summed E-state index contributed by atoms with van der Waals surface area (Å²) in [5, 5.41) is 20.8. The highest BCUT2D eigenvalue weighted by molar-refractivity contribution is 6.55. The number of hydrogen-bond acceptors (Lipinski definition) is 2. The second kappa shape index (κ2) is 26.0. The van der Waals surface area contributed by atoms with Gasteiger partial charge in [0.15, 0.2) is 0 Å². The fourth-order valence-corrected chi connectivity index (χ4v) is 4.43. The lowest BCUT2D eigenvalue weighted by atomic mass is 9.78. The van der Waals surface area contributed by atoms with Crippen LogP contribution in [0.5, 0.6) is 0 Å². The number of nitrogens with one attached hydrogen (secondary N) is 2. The molecule has 1 rings (SSSR count). The molecule has 0 aromatic heterocycles. The Morgan fingerprint density at radius 3 is 0.884 bits per heavy atom. The first-order chi connectivity index (χ1) is 20.2. The minimum atomic E-state index is -5.05. The van der Waals surface area contributed by atoms with Gasteiger partial charge in [0.25, 0.3) is 0 Å². The normalized spacial score (nSPS) is 11.7. The van der Waals surface area contributed by atoms with Crippen molar-refractivity contribution in [1.29, 1.82) is 0 Å². The van der Waals surface area contributed by atoms with Gasteiger partial charge in [-0.3, -0.25) is 0 Å². The van der Waals surface area contributed by atoms with Crippen LogP contribution in [0.25, 0.3) is 0 Å². The molecule has 0 aliphatic carbocycles. The molecule has 1 aromatic rings. The molecule has 43 heavy (non-hydrogen) atoms. The lowest BCUT2D eigenvalue weighted by Gasteiger charge is -2.28. The average Bonchev–Trinajstić information content (AvgIpc) is 2.96. The summed E-state index contributed by atoms with van der Waals surface area (Å²) in [4.78, 5) is 3.68. The van der Waals surface area contributed by atoms with Gasteiger partial charge >= 0.3 is 12.4 Å². The van der Waals surface area contributed by atoms with E-state index >= 15 is 0 Å². The maximum absolute atomic E-state index is 12.2. The van der Waals surface area contributed by atoms with Gasteiger partial charge in [-0.05, 0) is 44.6 Å². The van der Waals surface area contributed by atoms with Gasteiger partial charge in [-0.1, -0.05) is 99.3 Å². The molecule has 0 heterocycles. The van der Waals surface area contributed by atoms with E-state index in [9.17, 15) is 36.4 Å². The predicted molar refractivity (Wildman–Crippen MR) is 162 cm³/mol. The summed E-state index contributed by atoms with van der Waals surface area (Å²) in [5.41, 5.74) is -4.43. The summed E-state index contributed by atoms with van der Waals surface area (Å²) in [6.07, 6.45) is 6.43. The summed E-state index contributed by atoms with van der Waals surface area (Å²) < 4.78 is 73.4. The number of quaternary nitrogens is 2. The third kappa shape index (κ3) is 23.7. The van der Waals surface area contributed by atoms with Crippen molar-refractivity contribution >= 4 is 12.6 Å². The summed E-state index contributed by atoms with van der Waals surface area (Å²) in [5.74, 6) is 0. The van der Waals surface area contributed by atoms with E-state index in [4.69, 9.17) is 0 Å². The molecule has 0 spiro atoms. The lowest BCUT2D eigenvalue weighted by molar-refractivity contribution is -0.900. The molecule has 254 valence electrons. The zero-order chi connectivity index (χ0) is 33.3. The van der Waals surface area contributed by atoms with Crippen molar-refractivity contribution in [2.45, 2.75) is 131 Å². The fraction of sp³-hybridized carbons (Fsp3) is 0.812. The van der Waals surface area contributed by atoms with E-state index in [1.165, 1.54) is 116 Å². The molecule has 0 amide bonds. The standard InChI is InChI=1S/2C12H27N.C8H3BF6O2/c2*1-4-7-10-13(11-8-5-2)12-9-6-3;10-7(11,12)4-1-5(8(13,14)15)3-6(2-4)9(16)17/h2*4-12H2,1-3H3;1-3H/q;;-2/p+2. The van der Waals surface area contributed by atoms with E-state index in [1.54, 1.807) is 0 Å². The first kappa shape index (κ1) is 43.8. The highest BCUT2D eigenvalue weighted by Gasteiger charge is 2.36. The molecule has 0 saturated heterocycles. The quantitative estimate of drug-likeness (QED) is 0.173. The lowest BCUT2D eigenvalue weighted by Crippen LogP contribution is -3.12. The Morgan fingerprint density at radius 2 is 0.721 bits per heavy atom. The van der Waals surface area contributed by atoms with Gasteiger partial charge in [-0.2, -0.15) is 26.3 Å². The van der Waals surface area contributed by atoms with Gasteiger partial charge in [-0.15, -0.1) is 5.46 Å². The zero-order valence-corrected chi connectivity index (χ0v) is 27.6. The van der Waals surface area contributed by atoms with Crippen molar-refractivity contribution in [3.8, 4) is 0 Å². The fourth-order valence-electron chi connectivity index (χ4n) is 4.43. The summed E-state index contributed by atoms with van der Waals surface area (Å²) >= 11 is 0. The monoisotopic (exact) mass is 628 g/mol. The molecule has 0 bridgehead atoms. The molecule has 0 unspecified atom stereocenters. The molecule has 0 radical (unpaired) electrons. The van der Waals surface area contributed by atoms with Gasteiger partial charge in [0.1, 0.15) is 0 Å². The number of halogens is 6. The highest BCUT2D eigenvalue weighted by atomic mass is 19.4. The predicted octanol–water partition coefficient (Wildman–Crippen LogP) is 4.68. The largest absolute Gasteiger partial charge is 0.889 e. The number of unbranched alkanes of at least 4 members (excludes halogenated alkanes) is 6. The van der Waals surface area contributed by atoms with Crippen molar-refractivity contribution in [2.24, 2.45) is 0 Å². The maximum Gasteiger partial charge on any atom is 0.416 e. The number of hydrogen-bond donors (Lipinski definition) is 2. The maximum atomic E-state index is 12.2. The number of benzene rings is 1. The minimum absolute atomic E-state index is 0.125. The van der Waals surface area contributed by atoms with Crippen molar-refractivity contribution in [3.05, 3.63) is 29.3 Å². The molecule has 11 heteroatoms. The SMILES string of the molecule is CCCC[NH+](CCCC)CCCC.CCCC[NH+](CCCC)CCCC.[O-]B([O-])c1cc(C(F)(F)F)cc(C(F)(F)F)c1. The van der Waals surface area contributed by atoms with Gasteiger partial charge in [0, 0.05) is 0 Å². The van der Waals surface area contributed by atoms with Crippen LogP contribution in [0.4, 0.5) is 26.3 Å². The second-order valence-electron chi connectivity index (χ2n) is 11.3. The van der Waals surface area contributed by atoms with Crippen LogP contribution < -0.4 is 25.3 Å². The Kier molecular flexibility index (Phi) is 26.5. The second-order valence-corrected chi connectivity index (χ2v) is 11.3. The minimum Gasteiger partial charge on any atom is -0.889 e. The van der Waals surface area contributed by atoms with E-state index in [0.717, 1.165) is 0 Å². The van der Waals surface area contributed by atoms with Crippen LogP contribution in [-0.2, 0) is 12.4 Å². The van der Waals surface area contributed by atoms with Crippen molar-refractivity contribution in [2.75, 3.05) is 39.3 Å². The summed E-state index contributed by atoms with van der Waals surface area (Å²) in [7, 11) is -2.90. The Balaban J connectivity index is 0. The third-order valence-electron chi connectivity index (χ3n) is 7.19. The van der Waals surface area contributed by atoms with E-state index < -0.39 is 36.1 Å². The Hall–Kier alpha value is -1.30. The molecule has 0 aliphatic rings. The van der Waals surface area contributed by atoms with Gasteiger partial charge in [-0.25, -0.2) is 0 Å². The van der Waals surface area contributed by atoms with Crippen LogP contribution in [0, 0.1) is 0 Å². The van der Waals surface area contributed by atoms with E-state index in [1.807, 2.05) is 9.80 Å². The topological polar surface area (TPSA) is 55.0 Å². The zero-order valence-electron chi connectivity index (χ0n) is 27.6. The third-order valence-corrected chi connectivity index (χ3v) is 7.19. The molecule has 0 aliphatic heterocycles. The summed E-state index contributed by atoms with van der Waals surface area (Å²) in [6.45, 7) is 22.1. The van der Waals surface area contributed by atoms with Gasteiger partial charge in [0.05, 0.1) is 50.4 Å². The van der Waals surface area contributed by atoms with Crippen LogP contribution in [0.2, 0.25) is 0 Å². The summed E-state index contributed by atoms with van der Waals surface area (Å²) in [6, 6.07) is 0.103. The first-order valence-electron chi connectivity index (χ1n) is 16.5. The van der Waals surface area contributed by atoms with Crippen LogP contribution >= 0.6 is 0 Å². The smallest absolute Gasteiger partial charge is 0.416 e. The molecular weight excluding hydrogens is 569 g/mol. The molecule has 4 nitrogen and oxygen atoms in total. The van der Waals surface area contributed by atoms with Gasteiger partial charge < -0.3 is 19.8 Å². The molecule has 2 N–H and O–H groups in total. The van der Waals surface area contributed by atoms with Crippen LogP contribution in [-0.4, -0.2) is 46.4 Å². The highest BCUT2D eigenvalue weighted by Crippen LogP contribution is 2.34. The molecular formula is C32H59BF6N2O2. The molecule has 0 atom stereocenters. The number of alkyl halides is 6. The molecule has 0 saturated carbocycles. The van der Waals surface area contributed by atoms with Crippen LogP contribution in [0.3, 0.4) is 0 Å². The Morgan fingerprint density at radius 1 is 0.488 bits per heavy atom. The van der Waals surface area contributed by atoms with E-state index in [0.29, 0.717) is 0 Å². The Bertz CT molecular complexity index is 685. The van der Waals surface area contributed by atoms with Gasteiger partial charge in [0.2, 0.25) is 0 Å².